The number of rotatable bonds is 4. The first-order valence-corrected chi connectivity index (χ1v) is 11.7. The van der Waals surface area contributed by atoms with Crippen molar-refractivity contribution in [2.45, 2.75) is 19.9 Å². The third-order valence-electron chi connectivity index (χ3n) is 5.90. The van der Waals surface area contributed by atoms with E-state index in [0.29, 0.717) is 34.6 Å². The molecule has 168 valence electrons. The van der Waals surface area contributed by atoms with E-state index in [1.165, 1.54) is 0 Å². The minimum absolute atomic E-state index is 0.157. The van der Waals surface area contributed by atoms with Gasteiger partial charge in [0.05, 0.1) is 15.6 Å². The summed E-state index contributed by atoms with van der Waals surface area (Å²) in [7, 11) is 0. The summed E-state index contributed by atoms with van der Waals surface area (Å²) in [6.45, 7) is 3.88. The predicted molar refractivity (Wildman–Crippen MR) is 132 cm³/mol. The van der Waals surface area contributed by atoms with Crippen LogP contribution in [-0.2, 0) is 13.0 Å². The lowest BCUT2D eigenvalue weighted by Crippen LogP contribution is -2.34. The lowest BCUT2D eigenvalue weighted by molar-refractivity contribution is 0.0954. The molecule has 0 saturated heterocycles. The van der Waals surface area contributed by atoms with Crippen LogP contribution in [0.5, 0.6) is 11.5 Å². The van der Waals surface area contributed by atoms with Crippen LogP contribution in [0.4, 0.5) is 0 Å². The number of fused-ring (bicyclic) bond motifs is 2. The van der Waals surface area contributed by atoms with Crippen LogP contribution in [0.3, 0.4) is 0 Å². The van der Waals surface area contributed by atoms with E-state index in [2.05, 4.69) is 4.90 Å². The molecular weight excluding hydrogens is 481 g/mol. The lowest BCUT2D eigenvalue weighted by Gasteiger charge is -2.30. The van der Waals surface area contributed by atoms with E-state index < -0.39 is 0 Å². The number of hydrogen-bond acceptors (Lipinski definition) is 4. The number of ketones is 1. The number of carbonyl (C=O) groups is 1. The highest BCUT2D eigenvalue weighted by atomic mass is 35.5. The standard InChI is InChI=1S/C26H20Cl3NO3/c1-15-25-18(13-30(14-32-25)9-8-17-4-2-3-5-20(17)27)12-19-24(31)23(33-26(15)19)11-16-6-7-21(28)22(29)10-16/h2-7,10-12H,8-9,13-14H2,1H3/b23-11-. The molecule has 5 rings (SSSR count). The summed E-state index contributed by atoms with van der Waals surface area (Å²) in [5.74, 6) is 1.43. The van der Waals surface area contributed by atoms with Gasteiger partial charge in [-0.15, -0.1) is 0 Å². The van der Waals surface area contributed by atoms with Gasteiger partial charge in [-0.25, -0.2) is 0 Å². The molecule has 33 heavy (non-hydrogen) atoms. The first-order chi connectivity index (χ1) is 15.9. The summed E-state index contributed by atoms with van der Waals surface area (Å²) in [6.07, 6.45) is 2.50. The number of hydrogen-bond donors (Lipinski definition) is 0. The van der Waals surface area contributed by atoms with Crippen molar-refractivity contribution in [2.24, 2.45) is 0 Å². The van der Waals surface area contributed by atoms with Crippen molar-refractivity contribution in [2.75, 3.05) is 13.3 Å². The quantitative estimate of drug-likeness (QED) is 0.363. The van der Waals surface area contributed by atoms with Gasteiger partial charge in [-0.2, -0.15) is 0 Å². The summed E-state index contributed by atoms with van der Waals surface area (Å²) in [6, 6.07) is 14.9. The van der Waals surface area contributed by atoms with Gasteiger partial charge >= 0.3 is 0 Å². The van der Waals surface area contributed by atoms with E-state index in [1.807, 2.05) is 37.3 Å². The van der Waals surface area contributed by atoms with Crippen molar-refractivity contribution >= 4 is 46.7 Å². The van der Waals surface area contributed by atoms with Crippen LogP contribution in [0.15, 0.2) is 54.3 Å². The largest absolute Gasteiger partial charge is 0.477 e. The summed E-state index contributed by atoms with van der Waals surface area (Å²) in [5.41, 5.74) is 4.21. The van der Waals surface area contributed by atoms with Gasteiger partial charge < -0.3 is 9.47 Å². The van der Waals surface area contributed by atoms with Crippen molar-refractivity contribution in [1.29, 1.82) is 0 Å². The second-order valence-corrected chi connectivity index (χ2v) is 9.37. The Kier molecular flexibility index (Phi) is 6.11. The van der Waals surface area contributed by atoms with Gasteiger partial charge in [0.25, 0.3) is 0 Å². The molecular formula is C26H20Cl3NO3. The van der Waals surface area contributed by atoms with Gasteiger partial charge in [-0.1, -0.05) is 59.1 Å². The molecule has 3 aromatic carbocycles. The molecule has 0 bridgehead atoms. The number of Topliss-reactive ketones (excluding diaryl/α,β-unsaturated/α-hetero) is 1. The molecule has 3 aromatic rings. The van der Waals surface area contributed by atoms with Gasteiger partial charge in [0.2, 0.25) is 5.78 Å². The Hall–Kier alpha value is -2.50. The Labute approximate surface area is 207 Å². The zero-order chi connectivity index (χ0) is 23.1. The molecule has 0 radical (unpaired) electrons. The minimum atomic E-state index is -0.157. The molecule has 4 nitrogen and oxygen atoms in total. The van der Waals surface area contributed by atoms with Crippen LogP contribution in [0.2, 0.25) is 15.1 Å². The van der Waals surface area contributed by atoms with Gasteiger partial charge in [-0.05, 0) is 54.8 Å². The average Bonchev–Trinajstić information content (AvgIpc) is 3.11. The average molecular weight is 501 g/mol. The molecule has 0 aliphatic carbocycles. The minimum Gasteiger partial charge on any atom is -0.477 e. The smallest absolute Gasteiger partial charge is 0.231 e. The topological polar surface area (TPSA) is 38.8 Å². The molecule has 7 heteroatoms. The molecule has 0 N–H and O–H groups in total. The van der Waals surface area contributed by atoms with Crippen molar-refractivity contribution in [3.05, 3.63) is 97.2 Å². The van der Waals surface area contributed by atoms with E-state index in [0.717, 1.165) is 46.0 Å². The molecule has 2 aliphatic heterocycles. The number of allylic oxidation sites excluding steroid dienone is 1. The van der Waals surface area contributed by atoms with Crippen LogP contribution < -0.4 is 9.47 Å². The monoisotopic (exact) mass is 499 g/mol. The molecule has 2 aliphatic rings. The molecule has 0 atom stereocenters. The lowest BCUT2D eigenvalue weighted by atomic mass is 10.00. The number of ether oxygens (including phenoxy) is 2. The van der Waals surface area contributed by atoms with E-state index in [-0.39, 0.29) is 11.5 Å². The molecule has 2 heterocycles. The van der Waals surface area contributed by atoms with Gasteiger partial charge in [0, 0.05) is 29.2 Å². The first kappa shape index (κ1) is 22.3. The Balaban J connectivity index is 1.37. The number of benzene rings is 3. The second-order valence-electron chi connectivity index (χ2n) is 8.15. The maximum Gasteiger partial charge on any atom is 0.231 e. The van der Waals surface area contributed by atoms with Crippen LogP contribution >= 0.6 is 34.8 Å². The summed E-state index contributed by atoms with van der Waals surface area (Å²) < 4.78 is 12.0. The fraction of sp³-hybridized carbons (Fsp3) is 0.192. The summed E-state index contributed by atoms with van der Waals surface area (Å²) in [4.78, 5) is 15.3. The Morgan fingerprint density at radius 2 is 1.82 bits per heavy atom. The van der Waals surface area contributed by atoms with Gasteiger partial charge in [0.1, 0.15) is 18.2 Å². The van der Waals surface area contributed by atoms with E-state index in [4.69, 9.17) is 44.3 Å². The van der Waals surface area contributed by atoms with E-state index >= 15 is 0 Å². The van der Waals surface area contributed by atoms with E-state index in [9.17, 15) is 4.79 Å². The fourth-order valence-electron chi connectivity index (χ4n) is 4.17. The zero-order valence-corrected chi connectivity index (χ0v) is 20.1. The highest BCUT2D eigenvalue weighted by Crippen LogP contribution is 2.43. The summed E-state index contributed by atoms with van der Waals surface area (Å²) >= 11 is 18.4. The SMILES string of the molecule is Cc1c2c(cc3c1O/C(=C\c1ccc(Cl)c(Cl)c1)C3=O)CN(CCc1ccccc1Cl)CO2. The fourth-order valence-corrected chi connectivity index (χ4v) is 4.71. The van der Waals surface area contributed by atoms with Crippen molar-refractivity contribution in [3.63, 3.8) is 0 Å². The van der Waals surface area contributed by atoms with Gasteiger partial charge in [0.15, 0.2) is 5.76 Å². The molecule has 0 amide bonds. The normalized spacial score (nSPS) is 16.4. The summed E-state index contributed by atoms with van der Waals surface area (Å²) in [5, 5.41) is 1.65. The maximum absolute atomic E-state index is 13.1. The van der Waals surface area contributed by atoms with Crippen LogP contribution in [0, 0.1) is 6.92 Å². The number of carbonyl (C=O) groups excluding carboxylic acids is 1. The molecule has 0 aromatic heterocycles. The highest BCUT2D eigenvalue weighted by Gasteiger charge is 2.33. The van der Waals surface area contributed by atoms with Crippen LogP contribution in [-0.4, -0.2) is 24.0 Å². The number of nitrogens with zero attached hydrogens (tertiary/aromatic N) is 1. The third-order valence-corrected chi connectivity index (χ3v) is 7.01. The Morgan fingerprint density at radius 1 is 1.00 bits per heavy atom. The Morgan fingerprint density at radius 3 is 2.61 bits per heavy atom. The third kappa shape index (κ3) is 4.36. The van der Waals surface area contributed by atoms with Gasteiger partial charge in [-0.3, -0.25) is 9.69 Å². The molecule has 0 unspecified atom stereocenters. The van der Waals surface area contributed by atoms with Crippen LogP contribution in [0.1, 0.15) is 32.6 Å². The molecule has 0 spiro atoms. The van der Waals surface area contributed by atoms with Crippen molar-refractivity contribution < 1.29 is 14.3 Å². The van der Waals surface area contributed by atoms with Crippen molar-refractivity contribution in [1.82, 2.24) is 4.90 Å². The second kappa shape index (κ2) is 9.03. The van der Waals surface area contributed by atoms with Crippen molar-refractivity contribution in [3.8, 4) is 11.5 Å². The maximum atomic E-state index is 13.1. The van der Waals surface area contributed by atoms with Crippen LogP contribution in [0.25, 0.3) is 6.08 Å². The molecule has 0 fully saturated rings. The highest BCUT2D eigenvalue weighted by molar-refractivity contribution is 6.42. The molecule has 0 saturated carbocycles. The zero-order valence-electron chi connectivity index (χ0n) is 17.8. The van der Waals surface area contributed by atoms with E-state index in [1.54, 1.807) is 24.3 Å². The Bertz CT molecular complexity index is 1300. The predicted octanol–water partition coefficient (Wildman–Crippen LogP) is 6.97. The number of halogens is 3. The first-order valence-electron chi connectivity index (χ1n) is 10.5.